The van der Waals surface area contributed by atoms with Gasteiger partial charge in [-0.3, -0.25) is 0 Å². The third-order valence-corrected chi connectivity index (χ3v) is 3.27. The number of halogens is 3. The van der Waals surface area contributed by atoms with E-state index >= 15 is 0 Å². The van der Waals surface area contributed by atoms with Gasteiger partial charge in [0.1, 0.15) is 0 Å². The zero-order valence-electron chi connectivity index (χ0n) is 10.8. The molecule has 106 valence electrons. The molecule has 2 rings (SSSR count). The van der Waals surface area contributed by atoms with Gasteiger partial charge >= 0.3 is 0 Å². The van der Waals surface area contributed by atoms with Crippen molar-refractivity contribution in [3.8, 4) is 0 Å². The van der Waals surface area contributed by atoms with Gasteiger partial charge in [-0.1, -0.05) is 23.7 Å². The molecule has 0 spiro atoms. The molecule has 1 atom stereocenters. The van der Waals surface area contributed by atoms with E-state index in [0.717, 1.165) is 17.7 Å². The summed E-state index contributed by atoms with van der Waals surface area (Å²) in [5.74, 6) is -1.91. The molecule has 0 fully saturated rings. The zero-order chi connectivity index (χ0) is 14.7. The molecule has 20 heavy (non-hydrogen) atoms. The maximum absolute atomic E-state index is 13.1. The van der Waals surface area contributed by atoms with Crippen molar-refractivity contribution in [1.29, 1.82) is 0 Å². The fraction of sp³-hybridized carbons (Fsp3) is 0.200. The lowest BCUT2D eigenvalue weighted by Gasteiger charge is -2.14. The van der Waals surface area contributed by atoms with E-state index in [1.54, 1.807) is 6.07 Å². The van der Waals surface area contributed by atoms with Gasteiger partial charge in [0.2, 0.25) is 0 Å². The maximum Gasteiger partial charge on any atom is 0.159 e. The average Bonchev–Trinajstić information content (AvgIpc) is 2.42. The van der Waals surface area contributed by atoms with E-state index in [2.05, 4.69) is 5.32 Å². The summed E-state index contributed by atoms with van der Waals surface area (Å²) in [7, 11) is 0. The van der Waals surface area contributed by atoms with E-state index in [0.29, 0.717) is 16.3 Å². The molecule has 0 radical (unpaired) electrons. The van der Waals surface area contributed by atoms with Gasteiger partial charge in [-0.05, 0) is 42.3 Å². The van der Waals surface area contributed by atoms with Crippen molar-refractivity contribution in [3.05, 3.63) is 64.2 Å². The van der Waals surface area contributed by atoms with Crippen LogP contribution in [0.15, 0.2) is 36.4 Å². The first-order valence-electron chi connectivity index (χ1n) is 6.10. The Labute approximate surface area is 121 Å². The van der Waals surface area contributed by atoms with Crippen molar-refractivity contribution in [1.82, 2.24) is 0 Å². The Morgan fingerprint density at radius 2 is 1.90 bits per heavy atom. The molecule has 0 aliphatic heterocycles. The molecule has 2 N–H and O–H groups in total. The summed E-state index contributed by atoms with van der Waals surface area (Å²) in [6.45, 7) is 2.07. The molecule has 0 saturated heterocycles. The third kappa shape index (κ3) is 3.46. The van der Waals surface area contributed by atoms with Crippen LogP contribution in [0.2, 0.25) is 5.02 Å². The fourth-order valence-corrected chi connectivity index (χ4v) is 2.00. The number of aliphatic hydroxyl groups excluding tert-OH is 1. The Hall–Kier alpha value is -1.65. The lowest BCUT2D eigenvalue weighted by molar-refractivity contribution is 0.191. The van der Waals surface area contributed by atoms with Crippen LogP contribution in [0, 0.1) is 18.6 Å². The van der Waals surface area contributed by atoms with E-state index in [1.165, 1.54) is 6.07 Å². The van der Waals surface area contributed by atoms with Crippen molar-refractivity contribution < 1.29 is 13.9 Å². The third-order valence-electron chi connectivity index (χ3n) is 2.94. The second-order valence-electron chi connectivity index (χ2n) is 4.55. The molecule has 0 aliphatic carbocycles. The Morgan fingerprint density at radius 1 is 1.15 bits per heavy atom. The minimum absolute atomic E-state index is 0.147. The van der Waals surface area contributed by atoms with Gasteiger partial charge in [-0.2, -0.15) is 0 Å². The molecule has 2 aromatic carbocycles. The molecule has 0 bridgehead atoms. The number of benzene rings is 2. The standard InChI is InChI=1S/C15H14ClF2NO/c1-9-2-4-11(16)14(6-9)19-8-15(20)10-3-5-12(17)13(18)7-10/h2-7,15,19-20H,8H2,1H3. The number of rotatable bonds is 4. The van der Waals surface area contributed by atoms with Gasteiger partial charge in [0.05, 0.1) is 16.8 Å². The molecule has 0 aliphatic rings. The molecular formula is C15H14ClF2NO. The Morgan fingerprint density at radius 3 is 2.60 bits per heavy atom. The van der Waals surface area contributed by atoms with E-state index in [9.17, 15) is 13.9 Å². The second kappa shape index (κ2) is 6.20. The summed E-state index contributed by atoms with van der Waals surface area (Å²) in [6.07, 6.45) is -0.957. The van der Waals surface area contributed by atoms with E-state index in [1.807, 2.05) is 19.1 Å². The summed E-state index contributed by atoms with van der Waals surface area (Å²) in [4.78, 5) is 0. The highest BCUT2D eigenvalue weighted by Gasteiger charge is 2.11. The topological polar surface area (TPSA) is 32.3 Å². The lowest BCUT2D eigenvalue weighted by Crippen LogP contribution is -2.13. The highest BCUT2D eigenvalue weighted by atomic mass is 35.5. The van der Waals surface area contributed by atoms with Gasteiger partial charge in [-0.25, -0.2) is 8.78 Å². The van der Waals surface area contributed by atoms with Crippen LogP contribution in [0.25, 0.3) is 0 Å². The molecule has 0 heterocycles. The van der Waals surface area contributed by atoms with Crippen LogP contribution in [-0.4, -0.2) is 11.7 Å². The van der Waals surface area contributed by atoms with Crippen molar-refractivity contribution in [2.75, 3.05) is 11.9 Å². The Bertz CT molecular complexity index is 619. The zero-order valence-corrected chi connectivity index (χ0v) is 11.6. The summed E-state index contributed by atoms with van der Waals surface area (Å²) in [6, 6.07) is 8.80. The van der Waals surface area contributed by atoms with Crippen molar-refractivity contribution in [3.63, 3.8) is 0 Å². The minimum Gasteiger partial charge on any atom is -0.387 e. The largest absolute Gasteiger partial charge is 0.387 e. The quantitative estimate of drug-likeness (QED) is 0.891. The Kier molecular flexibility index (Phi) is 4.57. The second-order valence-corrected chi connectivity index (χ2v) is 4.96. The van der Waals surface area contributed by atoms with Crippen molar-refractivity contribution >= 4 is 17.3 Å². The van der Waals surface area contributed by atoms with Crippen molar-refractivity contribution in [2.24, 2.45) is 0 Å². The van der Waals surface area contributed by atoms with Gasteiger partial charge in [0, 0.05) is 6.54 Å². The van der Waals surface area contributed by atoms with Crippen LogP contribution in [0.1, 0.15) is 17.2 Å². The normalized spacial score (nSPS) is 12.2. The molecule has 0 saturated carbocycles. The van der Waals surface area contributed by atoms with E-state index < -0.39 is 17.7 Å². The molecule has 1 unspecified atom stereocenters. The number of anilines is 1. The summed E-state index contributed by atoms with van der Waals surface area (Å²) in [5, 5.41) is 13.5. The van der Waals surface area contributed by atoms with Crippen LogP contribution >= 0.6 is 11.6 Å². The molecule has 2 aromatic rings. The first-order chi connectivity index (χ1) is 9.47. The number of aryl methyl sites for hydroxylation is 1. The lowest BCUT2D eigenvalue weighted by atomic mass is 10.1. The fourth-order valence-electron chi connectivity index (χ4n) is 1.82. The highest BCUT2D eigenvalue weighted by Crippen LogP contribution is 2.24. The van der Waals surface area contributed by atoms with Crippen LogP contribution in [-0.2, 0) is 0 Å². The van der Waals surface area contributed by atoms with E-state index in [-0.39, 0.29) is 6.54 Å². The maximum atomic E-state index is 13.1. The summed E-state index contributed by atoms with van der Waals surface area (Å²) >= 11 is 6.02. The predicted molar refractivity (Wildman–Crippen MR) is 76.0 cm³/mol. The van der Waals surface area contributed by atoms with Crippen molar-refractivity contribution in [2.45, 2.75) is 13.0 Å². The van der Waals surface area contributed by atoms with Crippen LogP contribution in [0.4, 0.5) is 14.5 Å². The van der Waals surface area contributed by atoms with E-state index in [4.69, 9.17) is 11.6 Å². The monoisotopic (exact) mass is 297 g/mol. The van der Waals surface area contributed by atoms with Crippen LogP contribution in [0.3, 0.4) is 0 Å². The van der Waals surface area contributed by atoms with Crippen LogP contribution < -0.4 is 5.32 Å². The first-order valence-corrected chi connectivity index (χ1v) is 6.48. The molecular weight excluding hydrogens is 284 g/mol. The summed E-state index contributed by atoms with van der Waals surface area (Å²) in [5.41, 5.74) is 2.02. The number of nitrogens with one attached hydrogen (secondary N) is 1. The predicted octanol–water partition coefficient (Wildman–Crippen LogP) is 4.07. The molecule has 0 amide bonds. The van der Waals surface area contributed by atoms with Gasteiger partial charge in [0.25, 0.3) is 0 Å². The van der Waals surface area contributed by atoms with Gasteiger partial charge in [0.15, 0.2) is 11.6 Å². The number of aliphatic hydroxyl groups is 1. The number of hydrogen-bond acceptors (Lipinski definition) is 2. The van der Waals surface area contributed by atoms with Gasteiger partial charge in [-0.15, -0.1) is 0 Å². The molecule has 5 heteroatoms. The minimum atomic E-state index is -0.977. The Balaban J connectivity index is 2.06. The molecule has 2 nitrogen and oxygen atoms in total. The highest BCUT2D eigenvalue weighted by molar-refractivity contribution is 6.33. The SMILES string of the molecule is Cc1ccc(Cl)c(NCC(O)c2ccc(F)c(F)c2)c1. The van der Waals surface area contributed by atoms with Crippen LogP contribution in [0.5, 0.6) is 0 Å². The average molecular weight is 298 g/mol. The van der Waals surface area contributed by atoms with Gasteiger partial charge < -0.3 is 10.4 Å². The smallest absolute Gasteiger partial charge is 0.159 e. The first kappa shape index (κ1) is 14.8. The molecule has 0 aromatic heterocycles. The summed E-state index contributed by atoms with van der Waals surface area (Å²) < 4.78 is 25.9. The number of hydrogen-bond donors (Lipinski definition) is 2.